The molecule has 1 aromatic heterocycles. The molecule has 1 heterocycles. The summed E-state index contributed by atoms with van der Waals surface area (Å²) in [5.74, 6) is -2.12. The van der Waals surface area contributed by atoms with Gasteiger partial charge in [-0.3, -0.25) is 9.48 Å². The number of nitrogens with one attached hydrogen (secondary N) is 1. The molecule has 0 aliphatic heterocycles. The summed E-state index contributed by atoms with van der Waals surface area (Å²) in [5.41, 5.74) is 0.998. The second-order valence-electron chi connectivity index (χ2n) is 6.35. The molecule has 6 nitrogen and oxygen atoms in total. The number of carboxylic acid groups (broad SMARTS) is 1. The quantitative estimate of drug-likeness (QED) is 0.872. The smallest absolute Gasteiger partial charge is 0.330 e. The van der Waals surface area contributed by atoms with Crippen molar-refractivity contribution in [2.45, 2.75) is 44.7 Å². The molecule has 2 aromatic rings. The fourth-order valence-corrected chi connectivity index (χ4v) is 3.27. The molecule has 1 unspecified atom stereocenters. The van der Waals surface area contributed by atoms with Crippen molar-refractivity contribution < 1.29 is 19.1 Å². The number of aromatic nitrogens is 2. The number of hydrogen-bond donors (Lipinski definition) is 2. The number of carbonyl (C=O) groups is 2. The first-order valence-electron chi connectivity index (χ1n) is 8.30. The summed E-state index contributed by atoms with van der Waals surface area (Å²) in [6, 6.07) is 4.52. The molecule has 0 spiro atoms. The maximum atomic E-state index is 13.4. The van der Waals surface area contributed by atoms with Gasteiger partial charge < -0.3 is 10.4 Å². The van der Waals surface area contributed by atoms with E-state index in [1.54, 1.807) is 23.9 Å². The molecule has 1 atom stereocenters. The van der Waals surface area contributed by atoms with Crippen LogP contribution in [-0.2, 0) is 4.79 Å². The van der Waals surface area contributed by atoms with E-state index < -0.39 is 23.7 Å². The van der Waals surface area contributed by atoms with Crippen LogP contribution < -0.4 is 5.32 Å². The van der Waals surface area contributed by atoms with Gasteiger partial charge in [-0.15, -0.1) is 0 Å². The normalized spacial score (nSPS) is 15.9. The van der Waals surface area contributed by atoms with Gasteiger partial charge in [0, 0.05) is 6.20 Å². The van der Waals surface area contributed by atoms with Crippen LogP contribution in [0, 0.1) is 12.7 Å². The Labute approximate surface area is 144 Å². The Morgan fingerprint density at radius 3 is 2.68 bits per heavy atom. The van der Waals surface area contributed by atoms with Crippen LogP contribution in [0.1, 0.15) is 59.4 Å². The van der Waals surface area contributed by atoms with Crippen molar-refractivity contribution in [3.05, 3.63) is 53.1 Å². The molecule has 7 heteroatoms. The highest BCUT2D eigenvalue weighted by atomic mass is 19.1. The average molecular weight is 345 g/mol. The maximum Gasteiger partial charge on any atom is 0.330 e. The number of benzene rings is 1. The topological polar surface area (TPSA) is 84.2 Å². The Morgan fingerprint density at radius 2 is 2.04 bits per heavy atom. The van der Waals surface area contributed by atoms with Gasteiger partial charge >= 0.3 is 5.97 Å². The summed E-state index contributed by atoms with van der Waals surface area (Å²) in [6.45, 7) is 1.55. The third kappa shape index (κ3) is 3.55. The molecule has 0 bridgehead atoms. The van der Waals surface area contributed by atoms with Crippen LogP contribution in [0.5, 0.6) is 0 Å². The molecular formula is C18H20FN3O3. The lowest BCUT2D eigenvalue weighted by molar-refractivity contribution is -0.139. The second kappa shape index (κ2) is 7.04. The van der Waals surface area contributed by atoms with E-state index in [4.69, 9.17) is 0 Å². The predicted octanol–water partition coefficient (Wildman–Crippen LogP) is 3.00. The molecule has 0 saturated heterocycles. The third-order valence-corrected chi connectivity index (χ3v) is 4.61. The van der Waals surface area contributed by atoms with Crippen molar-refractivity contribution >= 4 is 11.9 Å². The summed E-state index contributed by atoms with van der Waals surface area (Å²) >= 11 is 0. The highest BCUT2D eigenvalue weighted by Gasteiger charge is 2.27. The number of amides is 1. The van der Waals surface area contributed by atoms with E-state index in [0.717, 1.165) is 25.7 Å². The van der Waals surface area contributed by atoms with Crippen molar-refractivity contribution in [2.24, 2.45) is 0 Å². The van der Waals surface area contributed by atoms with E-state index in [-0.39, 0.29) is 6.04 Å². The molecule has 1 amide bonds. The minimum Gasteiger partial charge on any atom is -0.479 e. The Morgan fingerprint density at radius 1 is 1.32 bits per heavy atom. The van der Waals surface area contributed by atoms with Gasteiger partial charge in [0.2, 0.25) is 0 Å². The average Bonchev–Trinajstić information content (AvgIpc) is 3.25. The lowest BCUT2D eigenvalue weighted by Crippen LogP contribution is -2.35. The summed E-state index contributed by atoms with van der Waals surface area (Å²) in [7, 11) is 0. The minimum absolute atomic E-state index is 0.173. The summed E-state index contributed by atoms with van der Waals surface area (Å²) in [5, 5.41) is 16.2. The number of aliphatic carboxylic acids is 1. The number of hydrogen-bond acceptors (Lipinski definition) is 3. The molecule has 132 valence electrons. The highest BCUT2D eigenvalue weighted by molar-refractivity contribution is 5.95. The van der Waals surface area contributed by atoms with Gasteiger partial charge in [-0.05, 0) is 43.0 Å². The lowest BCUT2D eigenvalue weighted by atomic mass is 10.0. The Balaban J connectivity index is 1.83. The molecule has 1 aromatic carbocycles. The Bertz CT molecular complexity index is 797. The SMILES string of the molecule is Cc1cc(C(NC(=O)c2ccnn2C2CCCC2)C(=O)O)ccc1F. The molecule has 1 aliphatic carbocycles. The molecule has 1 fully saturated rings. The van der Waals surface area contributed by atoms with Crippen LogP contribution in [0.3, 0.4) is 0 Å². The van der Waals surface area contributed by atoms with E-state index in [0.29, 0.717) is 16.8 Å². The molecular weight excluding hydrogens is 325 g/mol. The summed E-state index contributed by atoms with van der Waals surface area (Å²) in [4.78, 5) is 24.2. The predicted molar refractivity (Wildman–Crippen MR) is 88.7 cm³/mol. The van der Waals surface area contributed by atoms with Gasteiger partial charge in [-0.1, -0.05) is 25.0 Å². The van der Waals surface area contributed by atoms with Crippen LogP contribution in [0.25, 0.3) is 0 Å². The number of halogens is 1. The van der Waals surface area contributed by atoms with Crippen LogP contribution in [-0.4, -0.2) is 26.8 Å². The van der Waals surface area contributed by atoms with Gasteiger partial charge in [-0.2, -0.15) is 5.10 Å². The highest BCUT2D eigenvalue weighted by Crippen LogP contribution is 2.30. The third-order valence-electron chi connectivity index (χ3n) is 4.61. The van der Waals surface area contributed by atoms with Gasteiger partial charge in [0.15, 0.2) is 6.04 Å². The van der Waals surface area contributed by atoms with Crippen molar-refractivity contribution in [2.75, 3.05) is 0 Å². The van der Waals surface area contributed by atoms with E-state index in [2.05, 4.69) is 10.4 Å². The molecule has 0 radical (unpaired) electrons. The van der Waals surface area contributed by atoms with Crippen molar-refractivity contribution in [1.29, 1.82) is 0 Å². The lowest BCUT2D eigenvalue weighted by Gasteiger charge is -2.18. The molecule has 3 rings (SSSR count). The van der Waals surface area contributed by atoms with Crippen molar-refractivity contribution in [1.82, 2.24) is 15.1 Å². The van der Waals surface area contributed by atoms with Crippen molar-refractivity contribution in [3.63, 3.8) is 0 Å². The molecule has 1 aliphatic rings. The fourth-order valence-electron chi connectivity index (χ4n) is 3.27. The standard InChI is InChI=1S/C18H20FN3O3/c1-11-10-12(6-7-14(11)19)16(18(24)25)21-17(23)15-8-9-20-22(15)13-4-2-3-5-13/h6-10,13,16H,2-5H2,1H3,(H,21,23)(H,24,25). The summed E-state index contributed by atoms with van der Waals surface area (Å²) < 4.78 is 15.1. The zero-order valence-electron chi connectivity index (χ0n) is 13.9. The first kappa shape index (κ1) is 17.1. The number of nitrogens with zero attached hydrogens (tertiary/aromatic N) is 2. The molecule has 2 N–H and O–H groups in total. The first-order valence-corrected chi connectivity index (χ1v) is 8.30. The van der Waals surface area contributed by atoms with E-state index >= 15 is 0 Å². The van der Waals surface area contributed by atoms with Gasteiger partial charge in [0.25, 0.3) is 5.91 Å². The number of carbonyl (C=O) groups excluding carboxylic acids is 1. The van der Waals surface area contributed by atoms with Gasteiger partial charge in [-0.25, -0.2) is 9.18 Å². The summed E-state index contributed by atoms with van der Waals surface area (Å²) in [6.07, 6.45) is 5.66. The molecule has 25 heavy (non-hydrogen) atoms. The number of carboxylic acids is 1. The zero-order chi connectivity index (χ0) is 18.0. The second-order valence-corrected chi connectivity index (χ2v) is 6.35. The van der Waals surface area contributed by atoms with E-state index in [1.165, 1.54) is 18.2 Å². The van der Waals surface area contributed by atoms with Crippen LogP contribution in [0.4, 0.5) is 4.39 Å². The van der Waals surface area contributed by atoms with E-state index in [9.17, 15) is 19.1 Å². The largest absolute Gasteiger partial charge is 0.479 e. The first-order chi connectivity index (χ1) is 12.0. The number of rotatable bonds is 5. The van der Waals surface area contributed by atoms with E-state index in [1.807, 2.05) is 0 Å². The Hall–Kier alpha value is -2.70. The number of aryl methyl sites for hydroxylation is 1. The Kier molecular flexibility index (Phi) is 4.83. The fraction of sp³-hybridized carbons (Fsp3) is 0.389. The molecule has 1 saturated carbocycles. The van der Waals surface area contributed by atoms with Crippen LogP contribution in [0.15, 0.2) is 30.5 Å². The monoisotopic (exact) mass is 345 g/mol. The van der Waals surface area contributed by atoms with Crippen LogP contribution in [0.2, 0.25) is 0 Å². The van der Waals surface area contributed by atoms with Crippen molar-refractivity contribution in [3.8, 4) is 0 Å². The minimum atomic E-state index is -1.25. The zero-order valence-corrected chi connectivity index (χ0v) is 13.9. The maximum absolute atomic E-state index is 13.4. The van der Waals surface area contributed by atoms with Crippen LogP contribution >= 0.6 is 0 Å². The van der Waals surface area contributed by atoms with Gasteiger partial charge in [0.05, 0.1) is 6.04 Å². The van der Waals surface area contributed by atoms with Gasteiger partial charge in [0.1, 0.15) is 11.5 Å².